The topological polar surface area (TPSA) is 25.8 Å². The van der Waals surface area contributed by atoms with E-state index in [2.05, 4.69) is 50.7 Å². The molecule has 0 aliphatic carbocycles. The third kappa shape index (κ3) is 7.20. The average molecular weight is 303 g/mol. The molecule has 0 amide bonds. The zero-order valence-electron chi connectivity index (χ0n) is 15.2. The highest BCUT2D eigenvalue weighted by atomic mass is 14.9. The van der Waals surface area contributed by atoms with Crippen LogP contribution in [0.3, 0.4) is 0 Å². The van der Waals surface area contributed by atoms with Gasteiger partial charge < -0.3 is 0 Å². The molecule has 22 heavy (non-hydrogen) atoms. The predicted molar refractivity (Wildman–Crippen MR) is 96.0 cm³/mol. The summed E-state index contributed by atoms with van der Waals surface area (Å²) in [5.41, 5.74) is 2.77. The second kappa shape index (κ2) is 10.5. The first-order valence-electron chi connectivity index (χ1n) is 9.05. The summed E-state index contributed by atoms with van der Waals surface area (Å²) in [4.78, 5) is 9.14. The van der Waals surface area contributed by atoms with Crippen LogP contribution >= 0.6 is 0 Å². The average Bonchev–Trinajstić information content (AvgIpc) is 2.48. The Balaban J connectivity index is 2.73. The fourth-order valence-electron chi connectivity index (χ4n) is 2.74. The Hall–Kier alpha value is -1.18. The van der Waals surface area contributed by atoms with Crippen molar-refractivity contribution in [3.05, 3.63) is 35.4 Å². The number of aromatic nitrogens is 2. The molecule has 2 heteroatoms. The summed E-state index contributed by atoms with van der Waals surface area (Å²) in [6.45, 7) is 11.4. The van der Waals surface area contributed by atoms with Crippen LogP contribution in [0.2, 0.25) is 0 Å². The van der Waals surface area contributed by atoms with Crippen molar-refractivity contribution in [3.63, 3.8) is 0 Å². The molecule has 0 fully saturated rings. The molecule has 0 N–H and O–H groups in total. The van der Waals surface area contributed by atoms with Crippen molar-refractivity contribution in [1.29, 1.82) is 0 Å². The highest BCUT2D eigenvalue weighted by molar-refractivity contribution is 5.14. The van der Waals surface area contributed by atoms with Gasteiger partial charge in [-0.25, -0.2) is 9.97 Å². The van der Waals surface area contributed by atoms with Gasteiger partial charge in [-0.05, 0) is 43.1 Å². The molecule has 1 aromatic rings. The van der Waals surface area contributed by atoms with Gasteiger partial charge in [0.1, 0.15) is 5.82 Å². The van der Waals surface area contributed by atoms with Gasteiger partial charge in [-0.2, -0.15) is 0 Å². The van der Waals surface area contributed by atoms with Crippen molar-refractivity contribution >= 4 is 0 Å². The molecule has 0 aliphatic rings. The van der Waals surface area contributed by atoms with E-state index in [1.54, 1.807) is 0 Å². The zero-order chi connectivity index (χ0) is 16.4. The van der Waals surface area contributed by atoms with Crippen molar-refractivity contribution in [2.75, 3.05) is 0 Å². The maximum Gasteiger partial charge on any atom is 0.132 e. The molecule has 1 heterocycles. The van der Waals surface area contributed by atoms with Crippen LogP contribution in [0.15, 0.2) is 24.0 Å². The van der Waals surface area contributed by atoms with Crippen LogP contribution in [0, 0.1) is 11.8 Å². The van der Waals surface area contributed by atoms with E-state index in [1.165, 1.54) is 36.8 Å². The van der Waals surface area contributed by atoms with Crippen molar-refractivity contribution in [2.24, 2.45) is 11.8 Å². The summed E-state index contributed by atoms with van der Waals surface area (Å²) in [5, 5.41) is 0. The van der Waals surface area contributed by atoms with Crippen molar-refractivity contribution in [1.82, 2.24) is 9.97 Å². The molecule has 1 aromatic heterocycles. The smallest absolute Gasteiger partial charge is 0.132 e. The van der Waals surface area contributed by atoms with Crippen molar-refractivity contribution in [3.8, 4) is 0 Å². The fraction of sp³-hybridized carbons (Fsp3) is 0.700. The monoisotopic (exact) mass is 302 g/mol. The Morgan fingerprint density at radius 3 is 2.27 bits per heavy atom. The lowest BCUT2D eigenvalue weighted by Gasteiger charge is -2.15. The number of hydrogen-bond acceptors (Lipinski definition) is 2. The van der Waals surface area contributed by atoms with Gasteiger partial charge in [-0.1, -0.05) is 59.1 Å². The number of aryl methyl sites for hydroxylation is 1. The standard InChI is InChI=1S/C20H34N2/c1-6-9-17(5)19(12-8-11-16(3)4)13-20-21-14-18(10-7-2)15-22-20/h12,14-17H,6-11,13H2,1-5H3/b19-12+. The lowest BCUT2D eigenvalue weighted by molar-refractivity contribution is 0.566. The minimum Gasteiger partial charge on any atom is -0.241 e. The summed E-state index contributed by atoms with van der Waals surface area (Å²) >= 11 is 0. The third-order valence-corrected chi connectivity index (χ3v) is 4.16. The predicted octanol–water partition coefficient (Wildman–Crippen LogP) is 5.77. The van der Waals surface area contributed by atoms with Gasteiger partial charge in [0.2, 0.25) is 0 Å². The molecule has 1 unspecified atom stereocenters. The van der Waals surface area contributed by atoms with Crippen LogP contribution in [0.1, 0.15) is 78.1 Å². The SMILES string of the molecule is CCCc1cnc(C/C(=C\CCC(C)C)C(C)CCC)nc1. The lowest BCUT2D eigenvalue weighted by Crippen LogP contribution is -2.06. The van der Waals surface area contributed by atoms with E-state index in [1.807, 2.05) is 12.4 Å². The van der Waals surface area contributed by atoms with Crippen LogP contribution < -0.4 is 0 Å². The van der Waals surface area contributed by atoms with E-state index < -0.39 is 0 Å². The summed E-state index contributed by atoms with van der Waals surface area (Å²) in [6, 6.07) is 0. The van der Waals surface area contributed by atoms with E-state index in [9.17, 15) is 0 Å². The largest absolute Gasteiger partial charge is 0.241 e. The van der Waals surface area contributed by atoms with Gasteiger partial charge in [-0.15, -0.1) is 0 Å². The van der Waals surface area contributed by atoms with Crippen LogP contribution in [0.4, 0.5) is 0 Å². The van der Waals surface area contributed by atoms with Gasteiger partial charge in [0.15, 0.2) is 0 Å². The van der Waals surface area contributed by atoms with Crippen molar-refractivity contribution < 1.29 is 0 Å². The molecule has 0 radical (unpaired) electrons. The summed E-state index contributed by atoms with van der Waals surface area (Å²) in [5.74, 6) is 2.37. The number of hydrogen-bond donors (Lipinski definition) is 0. The second-order valence-corrected chi connectivity index (χ2v) is 6.87. The maximum absolute atomic E-state index is 4.57. The molecule has 0 saturated heterocycles. The Kier molecular flexibility index (Phi) is 9.03. The van der Waals surface area contributed by atoms with Crippen LogP contribution in [0.5, 0.6) is 0 Å². The van der Waals surface area contributed by atoms with E-state index in [-0.39, 0.29) is 0 Å². The number of allylic oxidation sites excluding steroid dienone is 2. The Morgan fingerprint density at radius 1 is 1.05 bits per heavy atom. The molecule has 0 saturated carbocycles. The Bertz CT molecular complexity index is 432. The molecular formula is C20H34N2. The van der Waals surface area contributed by atoms with Crippen molar-refractivity contribution in [2.45, 2.75) is 79.6 Å². The molecule has 1 atom stereocenters. The highest BCUT2D eigenvalue weighted by Gasteiger charge is 2.10. The van der Waals surface area contributed by atoms with Gasteiger partial charge in [-0.3, -0.25) is 0 Å². The molecule has 2 nitrogen and oxygen atoms in total. The molecule has 1 rings (SSSR count). The first-order chi connectivity index (χ1) is 10.6. The number of rotatable bonds is 10. The summed E-state index contributed by atoms with van der Waals surface area (Å²) in [6.07, 6.45) is 14.5. The van der Waals surface area contributed by atoms with E-state index >= 15 is 0 Å². The first-order valence-corrected chi connectivity index (χ1v) is 9.05. The molecule has 0 spiro atoms. The molecule has 0 bridgehead atoms. The summed E-state index contributed by atoms with van der Waals surface area (Å²) < 4.78 is 0. The highest BCUT2D eigenvalue weighted by Crippen LogP contribution is 2.21. The van der Waals surface area contributed by atoms with Gasteiger partial charge in [0, 0.05) is 18.8 Å². The maximum atomic E-state index is 4.57. The third-order valence-electron chi connectivity index (χ3n) is 4.16. The normalized spacial score (nSPS) is 13.6. The van der Waals surface area contributed by atoms with E-state index in [0.29, 0.717) is 5.92 Å². The second-order valence-electron chi connectivity index (χ2n) is 6.87. The van der Waals surface area contributed by atoms with Crippen LogP contribution in [-0.2, 0) is 12.8 Å². The van der Waals surface area contributed by atoms with Crippen LogP contribution in [-0.4, -0.2) is 9.97 Å². The zero-order valence-corrected chi connectivity index (χ0v) is 15.2. The minimum absolute atomic E-state index is 0.635. The minimum atomic E-state index is 0.635. The van der Waals surface area contributed by atoms with Gasteiger partial charge in [0.05, 0.1) is 0 Å². The van der Waals surface area contributed by atoms with Crippen LogP contribution in [0.25, 0.3) is 0 Å². The van der Waals surface area contributed by atoms with Gasteiger partial charge in [0.25, 0.3) is 0 Å². The first kappa shape index (κ1) is 18.9. The molecule has 0 aromatic carbocycles. The molecule has 0 aliphatic heterocycles. The molecule has 124 valence electrons. The summed E-state index contributed by atoms with van der Waals surface area (Å²) in [7, 11) is 0. The lowest BCUT2D eigenvalue weighted by atomic mass is 9.91. The number of nitrogens with zero attached hydrogens (tertiary/aromatic N) is 2. The fourth-order valence-corrected chi connectivity index (χ4v) is 2.74. The quantitative estimate of drug-likeness (QED) is 0.513. The Morgan fingerprint density at radius 2 is 1.73 bits per heavy atom. The van der Waals surface area contributed by atoms with Gasteiger partial charge >= 0.3 is 0 Å². The Labute approximate surface area is 137 Å². The van der Waals surface area contributed by atoms with E-state index in [0.717, 1.165) is 31.0 Å². The van der Waals surface area contributed by atoms with E-state index in [4.69, 9.17) is 0 Å². The molecular weight excluding hydrogens is 268 g/mol.